The summed E-state index contributed by atoms with van der Waals surface area (Å²) in [6, 6.07) is 6.43. The molecule has 3 rings (SSSR count). The molecule has 0 bridgehead atoms. The van der Waals surface area contributed by atoms with Gasteiger partial charge in [-0.1, -0.05) is 24.6 Å². The van der Waals surface area contributed by atoms with Crippen molar-refractivity contribution in [3.8, 4) is 0 Å². The number of hydrogen-bond acceptors (Lipinski definition) is 3. The normalized spacial score (nSPS) is 14.2. The van der Waals surface area contributed by atoms with Gasteiger partial charge in [-0.2, -0.15) is 13.2 Å². The lowest BCUT2D eigenvalue weighted by Gasteiger charge is -2.09. The first kappa shape index (κ1) is 19.4. The van der Waals surface area contributed by atoms with Gasteiger partial charge < -0.3 is 0 Å². The number of rotatable bonds is 3. The van der Waals surface area contributed by atoms with Gasteiger partial charge in [-0.15, -0.1) is 11.3 Å². The SMILES string of the molecule is O=C(Cc1cccc(C(F)(F)F)c1)NNC(=O)c1cc2c(s1)CCCCC2. The Morgan fingerprint density at radius 2 is 1.81 bits per heavy atom. The minimum Gasteiger partial charge on any atom is -0.273 e. The number of aryl methyl sites for hydroxylation is 2. The summed E-state index contributed by atoms with van der Waals surface area (Å²) in [5.41, 5.74) is 5.21. The van der Waals surface area contributed by atoms with E-state index in [0.717, 1.165) is 37.8 Å². The highest BCUT2D eigenvalue weighted by atomic mass is 32.1. The fourth-order valence-electron chi connectivity index (χ4n) is 3.05. The Bertz CT molecular complexity index is 822. The fourth-order valence-corrected chi connectivity index (χ4v) is 4.20. The molecule has 8 heteroatoms. The lowest BCUT2D eigenvalue weighted by molar-refractivity contribution is -0.137. The second kappa shape index (κ2) is 8.12. The lowest BCUT2D eigenvalue weighted by atomic mass is 10.1. The number of hydrogen-bond donors (Lipinski definition) is 2. The Kier molecular flexibility index (Phi) is 5.84. The summed E-state index contributed by atoms with van der Waals surface area (Å²) in [7, 11) is 0. The third kappa shape index (κ3) is 5.09. The molecular weight excluding hydrogens is 377 g/mol. The molecule has 144 valence electrons. The van der Waals surface area contributed by atoms with Gasteiger partial charge in [-0.05, 0) is 48.9 Å². The van der Waals surface area contributed by atoms with Gasteiger partial charge in [0.05, 0.1) is 16.9 Å². The molecule has 0 fully saturated rings. The van der Waals surface area contributed by atoms with Gasteiger partial charge in [0, 0.05) is 4.88 Å². The molecule has 0 saturated carbocycles. The average molecular weight is 396 g/mol. The summed E-state index contributed by atoms with van der Waals surface area (Å²) in [6.07, 6.45) is 0.620. The Morgan fingerprint density at radius 1 is 1.04 bits per heavy atom. The highest BCUT2D eigenvalue weighted by molar-refractivity contribution is 7.14. The molecule has 1 aliphatic rings. The van der Waals surface area contributed by atoms with Crippen LogP contribution in [0.25, 0.3) is 0 Å². The molecule has 0 radical (unpaired) electrons. The number of carbonyl (C=O) groups excluding carboxylic acids is 2. The van der Waals surface area contributed by atoms with E-state index in [1.165, 1.54) is 40.3 Å². The van der Waals surface area contributed by atoms with Gasteiger partial charge in [0.15, 0.2) is 0 Å². The summed E-state index contributed by atoms with van der Waals surface area (Å²) in [6.45, 7) is 0. The highest BCUT2D eigenvalue weighted by Gasteiger charge is 2.30. The zero-order chi connectivity index (χ0) is 19.4. The molecule has 27 heavy (non-hydrogen) atoms. The Morgan fingerprint density at radius 3 is 2.59 bits per heavy atom. The van der Waals surface area contributed by atoms with Crippen molar-refractivity contribution < 1.29 is 22.8 Å². The Hall–Kier alpha value is -2.35. The van der Waals surface area contributed by atoms with Crippen molar-refractivity contribution in [2.24, 2.45) is 0 Å². The van der Waals surface area contributed by atoms with Crippen LogP contribution in [-0.2, 0) is 30.2 Å². The molecule has 2 aromatic rings. The molecule has 0 unspecified atom stereocenters. The van der Waals surface area contributed by atoms with Crippen molar-refractivity contribution in [1.29, 1.82) is 0 Å². The van der Waals surface area contributed by atoms with E-state index in [-0.39, 0.29) is 12.0 Å². The van der Waals surface area contributed by atoms with Crippen LogP contribution in [0.4, 0.5) is 13.2 Å². The predicted octanol–water partition coefficient (Wildman–Crippen LogP) is 4.04. The summed E-state index contributed by atoms with van der Waals surface area (Å²) in [5.74, 6) is -0.994. The van der Waals surface area contributed by atoms with Crippen LogP contribution in [0, 0.1) is 0 Å². The second-order valence-corrected chi connectivity index (χ2v) is 7.63. The molecule has 1 aliphatic carbocycles. The van der Waals surface area contributed by atoms with E-state index in [0.29, 0.717) is 4.88 Å². The average Bonchev–Trinajstić information content (AvgIpc) is 2.90. The zero-order valence-corrected chi connectivity index (χ0v) is 15.3. The van der Waals surface area contributed by atoms with Crippen LogP contribution < -0.4 is 10.9 Å². The molecule has 0 atom stereocenters. The minimum atomic E-state index is -4.46. The Labute approximate surface area is 158 Å². The molecular formula is C19H19F3N2O2S. The van der Waals surface area contributed by atoms with Gasteiger partial charge >= 0.3 is 6.18 Å². The number of thiophene rings is 1. The van der Waals surface area contributed by atoms with Gasteiger partial charge in [0.25, 0.3) is 5.91 Å². The molecule has 2 amide bonds. The first-order chi connectivity index (χ1) is 12.8. The fraction of sp³-hybridized carbons (Fsp3) is 0.368. The summed E-state index contributed by atoms with van der Waals surface area (Å²) in [5, 5.41) is 0. The number of fused-ring (bicyclic) bond motifs is 1. The van der Waals surface area contributed by atoms with Crippen LogP contribution in [0.2, 0.25) is 0 Å². The number of alkyl halides is 3. The molecule has 0 saturated heterocycles. The number of halogens is 3. The van der Waals surface area contributed by atoms with Gasteiger partial charge in [0.2, 0.25) is 5.91 Å². The highest BCUT2D eigenvalue weighted by Crippen LogP contribution is 2.30. The molecule has 1 aromatic carbocycles. The summed E-state index contributed by atoms with van der Waals surface area (Å²) < 4.78 is 38.1. The largest absolute Gasteiger partial charge is 0.416 e. The molecule has 2 N–H and O–H groups in total. The maximum absolute atomic E-state index is 12.7. The number of amides is 2. The van der Waals surface area contributed by atoms with Crippen molar-refractivity contribution in [2.75, 3.05) is 0 Å². The van der Waals surface area contributed by atoms with E-state index >= 15 is 0 Å². The van der Waals surface area contributed by atoms with Crippen molar-refractivity contribution in [3.63, 3.8) is 0 Å². The van der Waals surface area contributed by atoms with E-state index in [9.17, 15) is 22.8 Å². The van der Waals surface area contributed by atoms with Crippen molar-refractivity contribution in [2.45, 2.75) is 44.7 Å². The van der Waals surface area contributed by atoms with Gasteiger partial charge in [-0.25, -0.2) is 0 Å². The monoisotopic (exact) mass is 396 g/mol. The van der Waals surface area contributed by atoms with E-state index in [4.69, 9.17) is 0 Å². The van der Waals surface area contributed by atoms with Gasteiger partial charge in [0.1, 0.15) is 0 Å². The van der Waals surface area contributed by atoms with Crippen molar-refractivity contribution >= 4 is 23.2 Å². The summed E-state index contributed by atoms with van der Waals surface area (Å²) in [4.78, 5) is 25.9. The Balaban J connectivity index is 1.55. The topological polar surface area (TPSA) is 58.2 Å². The number of hydrazine groups is 1. The zero-order valence-electron chi connectivity index (χ0n) is 14.5. The molecule has 0 aliphatic heterocycles. The first-order valence-electron chi connectivity index (χ1n) is 8.70. The van der Waals surface area contributed by atoms with Crippen molar-refractivity contribution in [3.05, 3.63) is 56.8 Å². The number of nitrogens with one attached hydrogen (secondary N) is 2. The maximum Gasteiger partial charge on any atom is 0.416 e. The van der Waals surface area contributed by atoms with Crippen molar-refractivity contribution in [1.82, 2.24) is 10.9 Å². The van der Waals surface area contributed by atoms with Crippen LogP contribution >= 0.6 is 11.3 Å². The third-order valence-corrected chi connectivity index (χ3v) is 5.64. The van der Waals surface area contributed by atoms with Crippen LogP contribution in [0.5, 0.6) is 0 Å². The van der Waals surface area contributed by atoms with E-state index in [1.54, 1.807) is 0 Å². The van der Waals surface area contributed by atoms with Crippen LogP contribution in [0.1, 0.15) is 50.5 Å². The molecule has 1 heterocycles. The number of benzene rings is 1. The van der Waals surface area contributed by atoms with E-state index in [1.807, 2.05) is 6.07 Å². The smallest absolute Gasteiger partial charge is 0.273 e. The lowest BCUT2D eigenvalue weighted by Crippen LogP contribution is -2.42. The van der Waals surface area contributed by atoms with Crippen LogP contribution in [0.15, 0.2) is 30.3 Å². The molecule has 1 aromatic heterocycles. The quantitative estimate of drug-likeness (QED) is 0.608. The van der Waals surface area contributed by atoms with E-state index < -0.39 is 23.6 Å². The van der Waals surface area contributed by atoms with Crippen LogP contribution in [0.3, 0.4) is 0 Å². The number of carbonyl (C=O) groups is 2. The molecule has 0 spiro atoms. The first-order valence-corrected chi connectivity index (χ1v) is 9.51. The predicted molar refractivity (Wildman–Crippen MR) is 96.3 cm³/mol. The maximum atomic E-state index is 12.7. The van der Waals surface area contributed by atoms with Crippen LogP contribution in [-0.4, -0.2) is 11.8 Å². The third-order valence-electron chi connectivity index (χ3n) is 4.40. The minimum absolute atomic E-state index is 0.222. The summed E-state index contributed by atoms with van der Waals surface area (Å²) >= 11 is 1.43. The standard InChI is InChI=1S/C19H19F3N2O2S/c20-19(21,22)14-7-4-5-12(9-14)10-17(25)23-24-18(26)16-11-13-6-2-1-3-8-15(13)27-16/h4-5,7,9,11H,1-3,6,8,10H2,(H,23,25)(H,24,26). The van der Waals surface area contributed by atoms with E-state index in [2.05, 4.69) is 10.9 Å². The van der Waals surface area contributed by atoms with Gasteiger partial charge in [-0.3, -0.25) is 20.4 Å². The molecule has 4 nitrogen and oxygen atoms in total. The second-order valence-electron chi connectivity index (χ2n) is 6.50.